The van der Waals surface area contributed by atoms with E-state index >= 15 is 0 Å². The third-order valence-electron chi connectivity index (χ3n) is 4.66. The van der Waals surface area contributed by atoms with Crippen LogP contribution in [0.15, 0.2) is 60.7 Å². The van der Waals surface area contributed by atoms with Gasteiger partial charge in [0, 0.05) is 43.9 Å². The minimum absolute atomic E-state index is 0.0462. The number of nitrogens with zero attached hydrogens (tertiary/aromatic N) is 2. The number of carbonyl (C=O) groups is 2. The lowest BCUT2D eigenvalue weighted by molar-refractivity contribution is 0.0969. The van der Waals surface area contributed by atoms with Crippen LogP contribution in [0.3, 0.4) is 0 Å². The van der Waals surface area contributed by atoms with Crippen molar-refractivity contribution >= 4 is 17.5 Å². The molecule has 1 heterocycles. The standard InChI is InChI=1S/C21H25N3O2/c25-20(18-8-3-1-4-9-18)12-7-13-23-14-16-24(17-15-23)21(26)22-19-10-5-2-6-11-19/h1-6,8-11H,7,12-17H2,(H,22,26). The molecule has 0 spiro atoms. The average Bonchev–Trinajstić information content (AvgIpc) is 2.70. The highest BCUT2D eigenvalue weighted by molar-refractivity contribution is 5.95. The molecule has 26 heavy (non-hydrogen) atoms. The number of nitrogens with one attached hydrogen (secondary N) is 1. The summed E-state index contributed by atoms with van der Waals surface area (Å²) in [5, 5.41) is 2.93. The SMILES string of the molecule is O=C(CCCN1CCN(C(=O)Nc2ccccc2)CC1)c1ccccc1. The number of piperazine rings is 1. The van der Waals surface area contributed by atoms with Crippen molar-refractivity contribution in [3.05, 3.63) is 66.2 Å². The zero-order valence-electron chi connectivity index (χ0n) is 14.9. The summed E-state index contributed by atoms with van der Waals surface area (Å²) in [4.78, 5) is 28.6. The highest BCUT2D eigenvalue weighted by Gasteiger charge is 2.21. The van der Waals surface area contributed by atoms with Gasteiger partial charge in [0.05, 0.1) is 0 Å². The van der Waals surface area contributed by atoms with Gasteiger partial charge in [-0.2, -0.15) is 0 Å². The van der Waals surface area contributed by atoms with Crippen molar-refractivity contribution in [3.63, 3.8) is 0 Å². The number of hydrogen-bond acceptors (Lipinski definition) is 3. The summed E-state index contributed by atoms with van der Waals surface area (Å²) in [7, 11) is 0. The largest absolute Gasteiger partial charge is 0.322 e. The van der Waals surface area contributed by atoms with Crippen molar-refractivity contribution in [2.75, 3.05) is 38.0 Å². The van der Waals surface area contributed by atoms with Gasteiger partial charge in [0.2, 0.25) is 0 Å². The fraction of sp³-hybridized carbons (Fsp3) is 0.333. The monoisotopic (exact) mass is 351 g/mol. The Morgan fingerprint density at radius 2 is 1.46 bits per heavy atom. The average molecular weight is 351 g/mol. The van der Waals surface area contributed by atoms with Gasteiger partial charge in [-0.05, 0) is 25.1 Å². The predicted molar refractivity (Wildman–Crippen MR) is 103 cm³/mol. The summed E-state index contributed by atoms with van der Waals surface area (Å²) >= 11 is 0. The van der Waals surface area contributed by atoms with Crippen LogP contribution >= 0.6 is 0 Å². The number of carbonyl (C=O) groups excluding carboxylic acids is 2. The van der Waals surface area contributed by atoms with Crippen molar-refractivity contribution < 1.29 is 9.59 Å². The first-order valence-corrected chi connectivity index (χ1v) is 9.14. The molecule has 0 aromatic heterocycles. The van der Waals surface area contributed by atoms with E-state index in [9.17, 15) is 9.59 Å². The molecule has 1 aliphatic heterocycles. The number of urea groups is 1. The molecule has 1 saturated heterocycles. The molecular formula is C21H25N3O2. The van der Waals surface area contributed by atoms with E-state index in [0.29, 0.717) is 19.5 Å². The van der Waals surface area contributed by atoms with Crippen molar-refractivity contribution in [2.24, 2.45) is 0 Å². The maximum atomic E-state index is 12.3. The predicted octanol–water partition coefficient (Wildman–Crippen LogP) is 3.50. The van der Waals surface area contributed by atoms with Crippen LogP contribution in [0.4, 0.5) is 10.5 Å². The van der Waals surface area contributed by atoms with Crippen LogP contribution in [0.1, 0.15) is 23.2 Å². The lowest BCUT2D eigenvalue weighted by Gasteiger charge is -2.34. The molecule has 2 aromatic rings. The number of ketones is 1. The number of rotatable bonds is 6. The van der Waals surface area contributed by atoms with Gasteiger partial charge >= 0.3 is 6.03 Å². The van der Waals surface area contributed by atoms with Crippen molar-refractivity contribution in [1.29, 1.82) is 0 Å². The molecule has 1 fully saturated rings. The number of benzene rings is 2. The summed E-state index contributed by atoms with van der Waals surface area (Å²) in [6, 6.07) is 18.9. The molecular weight excluding hydrogens is 326 g/mol. The molecule has 0 aliphatic carbocycles. The fourth-order valence-electron chi connectivity index (χ4n) is 3.13. The van der Waals surface area contributed by atoms with E-state index in [0.717, 1.165) is 37.3 Å². The fourth-order valence-corrected chi connectivity index (χ4v) is 3.13. The molecule has 1 N–H and O–H groups in total. The number of anilines is 1. The Balaban J connectivity index is 1.36. The quantitative estimate of drug-likeness (QED) is 0.811. The summed E-state index contributed by atoms with van der Waals surface area (Å²) in [5.74, 6) is 0.200. The molecule has 0 unspecified atom stereocenters. The molecule has 0 radical (unpaired) electrons. The van der Waals surface area contributed by atoms with Crippen LogP contribution in [0.25, 0.3) is 0 Å². The number of para-hydroxylation sites is 1. The zero-order chi connectivity index (χ0) is 18.2. The van der Waals surface area contributed by atoms with Crippen LogP contribution in [0, 0.1) is 0 Å². The minimum atomic E-state index is -0.0462. The van der Waals surface area contributed by atoms with E-state index in [2.05, 4.69) is 10.2 Å². The van der Waals surface area contributed by atoms with E-state index in [-0.39, 0.29) is 11.8 Å². The molecule has 0 atom stereocenters. The number of Topliss-reactive ketones (excluding diaryl/α,β-unsaturated/α-hetero) is 1. The topological polar surface area (TPSA) is 52.7 Å². The molecule has 5 nitrogen and oxygen atoms in total. The first-order chi connectivity index (χ1) is 12.7. The Bertz CT molecular complexity index is 711. The summed E-state index contributed by atoms with van der Waals surface area (Å²) in [6.07, 6.45) is 1.42. The number of hydrogen-bond donors (Lipinski definition) is 1. The van der Waals surface area contributed by atoms with Crippen LogP contribution < -0.4 is 5.32 Å². The second kappa shape index (κ2) is 9.15. The van der Waals surface area contributed by atoms with Crippen LogP contribution in [0.5, 0.6) is 0 Å². The van der Waals surface area contributed by atoms with E-state index in [1.165, 1.54) is 0 Å². The lowest BCUT2D eigenvalue weighted by Crippen LogP contribution is -2.50. The van der Waals surface area contributed by atoms with Crippen molar-refractivity contribution in [1.82, 2.24) is 9.80 Å². The molecule has 2 amide bonds. The molecule has 0 saturated carbocycles. The summed E-state index contributed by atoms with van der Waals surface area (Å²) in [6.45, 7) is 4.02. The van der Waals surface area contributed by atoms with Gasteiger partial charge < -0.3 is 10.2 Å². The normalized spacial score (nSPS) is 14.8. The van der Waals surface area contributed by atoms with E-state index in [1.54, 1.807) is 0 Å². The van der Waals surface area contributed by atoms with Crippen LogP contribution in [0.2, 0.25) is 0 Å². The highest BCUT2D eigenvalue weighted by Crippen LogP contribution is 2.10. The Kier molecular flexibility index (Phi) is 6.39. The van der Waals surface area contributed by atoms with Gasteiger partial charge in [0.1, 0.15) is 0 Å². The Morgan fingerprint density at radius 1 is 0.846 bits per heavy atom. The first kappa shape index (κ1) is 18.1. The van der Waals surface area contributed by atoms with Gasteiger partial charge in [-0.15, -0.1) is 0 Å². The van der Waals surface area contributed by atoms with Gasteiger partial charge in [-0.1, -0.05) is 48.5 Å². The Labute approximate surface area is 154 Å². The highest BCUT2D eigenvalue weighted by atomic mass is 16.2. The first-order valence-electron chi connectivity index (χ1n) is 9.14. The summed E-state index contributed by atoms with van der Waals surface area (Å²) < 4.78 is 0. The Hall–Kier alpha value is -2.66. The number of amides is 2. The van der Waals surface area contributed by atoms with Gasteiger partial charge in [0.25, 0.3) is 0 Å². The van der Waals surface area contributed by atoms with Gasteiger partial charge in [0.15, 0.2) is 5.78 Å². The molecule has 3 rings (SSSR count). The van der Waals surface area contributed by atoms with Crippen molar-refractivity contribution in [3.8, 4) is 0 Å². The molecule has 136 valence electrons. The zero-order valence-corrected chi connectivity index (χ0v) is 14.9. The van der Waals surface area contributed by atoms with E-state index in [1.807, 2.05) is 65.6 Å². The Morgan fingerprint density at radius 3 is 2.12 bits per heavy atom. The van der Waals surface area contributed by atoms with Crippen LogP contribution in [-0.4, -0.2) is 54.3 Å². The van der Waals surface area contributed by atoms with E-state index in [4.69, 9.17) is 0 Å². The smallest absolute Gasteiger partial charge is 0.321 e. The molecule has 5 heteroatoms. The second-order valence-corrected chi connectivity index (χ2v) is 6.52. The van der Waals surface area contributed by atoms with Gasteiger partial charge in [-0.3, -0.25) is 9.69 Å². The lowest BCUT2D eigenvalue weighted by atomic mass is 10.1. The maximum absolute atomic E-state index is 12.3. The molecule has 2 aromatic carbocycles. The molecule has 0 bridgehead atoms. The van der Waals surface area contributed by atoms with E-state index < -0.39 is 0 Å². The third-order valence-corrected chi connectivity index (χ3v) is 4.66. The van der Waals surface area contributed by atoms with Gasteiger partial charge in [-0.25, -0.2) is 4.79 Å². The molecule has 1 aliphatic rings. The second-order valence-electron chi connectivity index (χ2n) is 6.52. The summed E-state index contributed by atoms with van der Waals surface area (Å²) in [5.41, 5.74) is 1.61. The minimum Gasteiger partial charge on any atom is -0.322 e. The maximum Gasteiger partial charge on any atom is 0.321 e. The third kappa shape index (κ3) is 5.17. The van der Waals surface area contributed by atoms with Crippen LogP contribution in [-0.2, 0) is 0 Å². The van der Waals surface area contributed by atoms with Crippen molar-refractivity contribution in [2.45, 2.75) is 12.8 Å².